The number of aromatic amines is 1. The molecule has 2 heterocycles. The maximum atomic E-state index is 15.2. The number of likely N-dealkylation sites (tertiary alicyclic amines) is 1. The molecule has 1 aromatic heterocycles. The zero-order valence-electron chi connectivity index (χ0n) is 23.2. The Kier molecular flexibility index (Phi) is 8.24. The van der Waals surface area contributed by atoms with E-state index in [0.717, 1.165) is 11.1 Å². The molecule has 6 rings (SSSR count). The second-order valence-electron chi connectivity index (χ2n) is 10.5. The lowest BCUT2D eigenvalue weighted by molar-refractivity contribution is -0.113. The summed E-state index contributed by atoms with van der Waals surface area (Å²) in [4.78, 5) is 41.2. The number of carbonyl (C=O) groups excluding carboxylic acids is 2. The third-order valence-electron chi connectivity index (χ3n) is 7.42. The summed E-state index contributed by atoms with van der Waals surface area (Å²) in [6, 6.07) is 25.4. The van der Waals surface area contributed by atoms with Gasteiger partial charge in [-0.1, -0.05) is 71.7 Å². The van der Waals surface area contributed by atoms with E-state index in [1.807, 2.05) is 6.07 Å². The van der Waals surface area contributed by atoms with Crippen molar-refractivity contribution in [2.75, 3.05) is 13.1 Å². The Morgan fingerprint density at radius 2 is 1.39 bits per heavy atom. The van der Waals surface area contributed by atoms with E-state index in [9.17, 15) is 14.4 Å². The molecule has 0 aliphatic carbocycles. The number of piperidine rings is 1. The number of Topliss-reactive ketones (excluding diaryl/α,β-unsaturated/α-hetero) is 1. The van der Waals surface area contributed by atoms with Crippen molar-refractivity contribution in [3.8, 4) is 0 Å². The van der Waals surface area contributed by atoms with Crippen molar-refractivity contribution >= 4 is 57.8 Å². The van der Waals surface area contributed by atoms with E-state index in [0.29, 0.717) is 43.2 Å². The van der Waals surface area contributed by atoms with Crippen molar-refractivity contribution < 1.29 is 14.0 Å². The minimum absolute atomic E-state index is 0.00592. The molecule has 4 aromatic carbocycles. The number of aromatic nitrogens is 2. The van der Waals surface area contributed by atoms with Gasteiger partial charge in [0, 0.05) is 33.0 Å². The molecule has 9 heteroatoms. The zero-order chi connectivity index (χ0) is 30.8. The minimum Gasteiger partial charge on any atom is -0.330 e. The first kappa shape index (κ1) is 29.2. The van der Waals surface area contributed by atoms with Gasteiger partial charge in [-0.25, -0.2) is 9.49 Å². The van der Waals surface area contributed by atoms with Crippen LogP contribution >= 0.6 is 23.2 Å². The van der Waals surface area contributed by atoms with Crippen LogP contribution in [0.5, 0.6) is 0 Å². The van der Waals surface area contributed by atoms with E-state index in [4.69, 9.17) is 23.2 Å². The molecular formula is C35H24Cl2FN3O3. The molecule has 1 N–H and O–H groups in total. The maximum absolute atomic E-state index is 15.2. The molecule has 0 unspecified atom stereocenters. The lowest BCUT2D eigenvalue weighted by Gasteiger charge is -2.30. The SMILES string of the molecule is O=C1/C(=C/c2ccc(Cl)cc2)CN(C(=O)c2cc(Cc3n[nH]c(=O)c4ccccc34)ccc2F)C/C1=C\c1ccc(Cl)cc1. The van der Waals surface area contributed by atoms with Crippen molar-refractivity contribution in [3.05, 3.63) is 156 Å². The molecule has 0 saturated carbocycles. The molecule has 0 atom stereocenters. The molecule has 218 valence electrons. The molecule has 1 amide bonds. The second kappa shape index (κ2) is 12.4. The maximum Gasteiger partial charge on any atom is 0.272 e. The van der Waals surface area contributed by atoms with Crippen LogP contribution in [0.15, 0.2) is 107 Å². The summed E-state index contributed by atoms with van der Waals surface area (Å²) in [5, 5.41) is 9.01. The lowest BCUT2D eigenvalue weighted by Crippen LogP contribution is -2.42. The Hall–Kier alpha value is -4.85. The first-order valence-electron chi connectivity index (χ1n) is 13.8. The van der Waals surface area contributed by atoms with Gasteiger partial charge in [-0.05, 0) is 71.3 Å². The highest BCUT2D eigenvalue weighted by atomic mass is 35.5. The summed E-state index contributed by atoms with van der Waals surface area (Å²) in [7, 11) is 0. The number of nitrogens with one attached hydrogen (secondary N) is 1. The normalized spacial score (nSPS) is 15.3. The number of ketones is 1. The predicted octanol–water partition coefficient (Wildman–Crippen LogP) is 7.15. The smallest absolute Gasteiger partial charge is 0.272 e. The van der Waals surface area contributed by atoms with Crippen LogP contribution in [0.3, 0.4) is 0 Å². The number of rotatable bonds is 5. The quantitative estimate of drug-likeness (QED) is 0.211. The predicted molar refractivity (Wildman–Crippen MR) is 171 cm³/mol. The van der Waals surface area contributed by atoms with Gasteiger partial charge in [-0.3, -0.25) is 14.4 Å². The average Bonchev–Trinajstić information content (AvgIpc) is 3.03. The Morgan fingerprint density at radius 1 is 0.818 bits per heavy atom. The summed E-state index contributed by atoms with van der Waals surface area (Å²) in [6.07, 6.45) is 3.70. The number of carbonyl (C=O) groups is 2. The number of fused-ring (bicyclic) bond motifs is 1. The zero-order valence-corrected chi connectivity index (χ0v) is 24.7. The van der Waals surface area contributed by atoms with Gasteiger partial charge in [0.25, 0.3) is 11.5 Å². The van der Waals surface area contributed by atoms with E-state index in [-0.39, 0.29) is 36.4 Å². The summed E-state index contributed by atoms with van der Waals surface area (Å²) in [6.45, 7) is -0.0118. The van der Waals surface area contributed by atoms with Crippen molar-refractivity contribution in [1.29, 1.82) is 0 Å². The average molecular weight is 624 g/mol. The van der Waals surface area contributed by atoms with Gasteiger partial charge in [-0.2, -0.15) is 5.10 Å². The third-order valence-corrected chi connectivity index (χ3v) is 7.93. The number of halogens is 3. The highest BCUT2D eigenvalue weighted by Gasteiger charge is 2.31. The Labute approximate surface area is 262 Å². The molecule has 5 aromatic rings. The molecule has 1 aliphatic rings. The van der Waals surface area contributed by atoms with E-state index < -0.39 is 11.7 Å². The van der Waals surface area contributed by atoms with Crippen LogP contribution in [0.25, 0.3) is 22.9 Å². The third kappa shape index (κ3) is 6.25. The standard InChI is InChI=1S/C35H24Cl2FN3O3/c36-26-10-5-21(6-11-26)15-24-19-41(20-25(33(24)42)16-22-7-12-27(37)13-8-22)35(44)30-17-23(9-14-31(30)38)18-32-28-3-1-2-4-29(28)34(43)40-39-32/h1-17H,18-20H2,(H,40,43)/b24-15+,25-16+. The Morgan fingerprint density at radius 3 is 1.98 bits per heavy atom. The van der Waals surface area contributed by atoms with Gasteiger partial charge < -0.3 is 4.90 Å². The number of benzene rings is 4. The highest BCUT2D eigenvalue weighted by molar-refractivity contribution is 6.31. The van der Waals surface area contributed by atoms with E-state index in [1.165, 1.54) is 17.0 Å². The van der Waals surface area contributed by atoms with Gasteiger partial charge in [0.05, 0.1) is 29.7 Å². The first-order chi connectivity index (χ1) is 21.2. The van der Waals surface area contributed by atoms with Crippen molar-refractivity contribution in [1.82, 2.24) is 15.1 Å². The molecule has 6 nitrogen and oxygen atoms in total. The summed E-state index contributed by atoms with van der Waals surface area (Å²) < 4.78 is 15.2. The van der Waals surface area contributed by atoms with E-state index in [1.54, 1.807) is 84.9 Å². The van der Waals surface area contributed by atoms with Gasteiger partial charge in [0.15, 0.2) is 5.78 Å². The van der Waals surface area contributed by atoms with Gasteiger partial charge in [0.1, 0.15) is 5.82 Å². The van der Waals surface area contributed by atoms with Crippen LogP contribution in [0.1, 0.15) is 32.7 Å². The first-order valence-corrected chi connectivity index (χ1v) is 14.5. The molecule has 0 radical (unpaired) electrons. The molecule has 1 fully saturated rings. The molecular weight excluding hydrogens is 600 g/mol. The van der Waals surface area contributed by atoms with Gasteiger partial charge >= 0.3 is 0 Å². The number of amides is 1. The monoisotopic (exact) mass is 623 g/mol. The van der Waals surface area contributed by atoms with Gasteiger partial charge in [0.2, 0.25) is 0 Å². The van der Waals surface area contributed by atoms with Crippen LogP contribution in [0.2, 0.25) is 10.0 Å². The molecule has 1 aliphatic heterocycles. The fraction of sp³-hybridized carbons (Fsp3) is 0.0857. The van der Waals surface area contributed by atoms with Crippen LogP contribution in [-0.4, -0.2) is 39.9 Å². The van der Waals surface area contributed by atoms with Crippen LogP contribution < -0.4 is 5.56 Å². The summed E-state index contributed by atoms with van der Waals surface area (Å²) >= 11 is 12.1. The van der Waals surface area contributed by atoms with Crippen LogP contribution in [-0.2, 0) is 11.2 Å². The van der Waals surface area contributed by atoms with Crippen LogP contribution in [0.4, 0.5) is 4.39 Å². The number of hydrogen-bond donors (Lipinski definition) is 1. The summed E-state index contributed by atoms with van der Waals surface area (Å²) in [5.41, 5.74) is 3.06. The van der Waals surface area contributed by atoms with E-state index >= 15 is 4.39 Å². The Bertz CT molecular complexity index is 1970. The fourth-order valence-corrected chi connectivity index (χ4v) is 5.47. The fourth-order valence-electron chi connectivity index (χ4n) is 5.22. The van der Waals surface area contributed by atoms with Crippen LogP contribution in [0, 0.1) is 5.82 Å². The second-order valence-corrected chi connectivity index (χ2v) is 11.3. The number of H-pyrrole nitrogens is 1. The molecule has 0 spiro atoms. The van der Waals surface area contributed by atoms with Gasteiger partial charge in [-0.15, -0.1) is 0 Å². The summed E-state index contributed by atoms with van der Waals surface area (Å²) in [5.74, 6) is -1.44. The van der Waals surface area contributed by atoms with Crippen molar-refractivity contribution in [2.45, 2.75) is 6.42 Å². The number of nitrogens with zero attached hydrogens (tertiary/aromatic N) is 2. The molecule has 0 bridgehead atoms. The Balaban J connectivity index is 1.35. The van der Waals surface area contributed by atoms with E-state index in [2.05, 4.69) is 10.2 Å². The highest BCUT2D eigenvalue weighted by Crippen LogP contribution is 2.26. The lowest BCUT2D eigenvalue weighted by atomic mass is 9.93. The van der Waals surface area contributed by atoms with Crippen molar-refractivity contribution in [3.63, 3.8) is 0 Å². The van der Waals surface area contributed by atoms with Crippen molar-refractivity contribution in [2.24, 2.45) is 0 Å². The topological polar surface area (TPSA) is 83.1 Å². The largest absolute Gasteiger partial charge is 0.330 e. The molecule has 44 heavy (non-hydrogen) atoms. The molecule has 1 saturated heterocycles. The number of hydrogen-bond acceptors (Lipinski definition) is 4. The minimum atomic E-state index is -0.679.